The van der Waals surface area contributed by atoms with Crippen molar-refractivity contribution in [3.8, 4) is 0 Å². The molecule has 1 aromatic rings. The van der Waals surface area contributed by atoms with Crippen molar-refractivity contribution in [2.75, 3.05) is 6.54 Å². The Morgan fingerprint density at radius 3 is 2.61 bits per heavy atom. The summed E-state index contributed by atoms with van der Waals surface area (Å²) in [5.74, 6) is 1.10. The van der Waals surface area contributed by atoms with Crippen LogP contribution in [-0.2, 0) is 6.42 Å². The van der Waals surface area contributed by atoms with Crippen molar-refractivity contribution in [1.29, 1.82) is 0 Å². The molecule has 1 spiro atoms. The third-order valence-corrected chi connectivity index (χ3v) is 5.09. The van der Waals surface area contributed by atoms with Gasteiger partial charge in [0.1, 0.15) is 5.76 Å². The zero-order chi connectivity index (χ0) is 12.3. The monoisotopic (exact) mass is 247 g/mol. The molecule has 0 bridgehead atoms. The molecule has 1 N–H and O–H groups in total. The highest BCUT2D eigenvalue weighted by atomic mass is 16.3. The van der Waals surface area contributed by atoms with Gasteiger partial charge in [-0.05, 0) is 56.1 Å². The number of nitrogens with one attached hydrogen (secondary N) is 1. The molecule has 0 unspecified atom stereocenters. The van der Waals surface area contributed by atoms with Crippen LogP contribution < -0.4 is 5.32 Å². The lowest BCUT2D eigenvalue weighted by Crippen LogP contribution is -2.37. The molecule has 0 radical (unpaired) electrons. The zero-order valence-electron chi connectivity index (χ0n) is 11.3. The molecule has 2 aliphatic rings. The highest BCUT2D eigenvalue weighted by molar-refractivity contribution is 4.98. The fourth-order valence-corrected chi connectivity index (χ4v) is 3.91. The molecule has 2 nitrogen and oxygen atoms in total. The SMILES string of the molecule is c1coc(CCNC2CCC3(CCCC3)CC2)c1. The van der Waals surface area contributed by atoms with Gasteiger partial charge < -0.3 is 9.73 Å². The Labute approximate surface area is 110 Å². The van der Waals surface area contributed by atoms with Crippen LogP contribution in [-0.4, -0.2) is 12.6 Å². The van der Waals surface area contributed by atoms with Crippen molar-refractivity contribution >= 4 is 0 Å². The Kier molecular flexibility index (Phi) is 3.74. The summed E-state index contributed by atoms with van der Waals surface area (Å²) in [7, 11) is 0. The van der Waals surface area contributed by atoms with Gasteiger partial charge >= 0.3 is 0 Å². The predicted octanol–water partition coefficient (Wildman–Crippen LogP) is 3.91. The van der Waals surface area contributed by atoms with Gasteiger partial charge in [-0.2, -0.15) is 0 Å². The molecule has 0 amide bonds. The number of rotatable bonds is 4. The Balaban J connectivity index is 1.38. The topological polar surface area (TPSA) is 25.2 Å². The van der Waals surface area contributed by atoms with Crippen LogP contribution in [0.2, 0.25) is 0 Å². The minimum atomic E-state index is 0.756. The summed E-state index contributed by atoms with van der Waals surface area (Å²) in [6, 6.07) is 4.79. The average Bonchev–Trinajstić information content (AvgIpc) is 3.04. The van der Waals surface area contributed by atoms with E-state index in [0.717, 1.165) is 30.2 Å². The van der Waals surface area contributed by atoms with Crippen molar-refractivity contribution in [3.63, 3.8) is 0 Å². The summed E-state index contributed by atoms with van der Waals surface area (Å²) in [5.41, 5.74) is 0.763. The highest BCUT2D eigenvalue weighted by Crippen LogP contribution is 2.48. The van der Waals surface area contributed by atoms with Crippen LogP contribution in [0.5, 0.6) is 0 Å². The molecule has 0 saturated heterocycles. The van der Waals surface area contributed by atoms with Crippen LogP contribution in [0.3, 0.4) is 0 Å². The summed E-state index contributed by atoms with van der Waals surface area (Å²) >= 11 is 0. The number of furan rings is 1. The van der Waals surface area contributed by atoms with E-state index >= 15 is 0 Å². The largest absolute Gasteiger partial charge is 0.469 e. The summed E-state index contributed by atoms with van der Waals surface area (Å²) in [4.78, 5) is 0. The number of hydrogen-bond donors (Lipinski definition) is 1. The van der Waals surface area contributed by atoms with Gasteiger partial charge in [0.15, 0.2) is 0 Å². The van der Waals surface area contributed by atoms with E-state index in [1.165, 1.54) is 51.4 Å². The normalized spacial score (nSPS) is 23.8. The van der Waals surface area contributed by atoms with Gasteiger partial charge in [-0.15, -0.1) is 0 Å². The van der Waals surface area contributed by atoms with Gasteiger partial charge in [-0.25, -0.2) is 0 Å². The molecule has 2 heteroatoms. The molecule has 1 heterocycles. The molecule has 1 aromatic heterocycles. The highest BCUT2D eigenvalue weighted by Gasteiger charge is 2.37. The smallest absolute Gasteiger partial charge is 0.105 e. The molecular weight excluding hydrogens is 222 g/mol. The molecule has 3 rings (SSSR count). The fourth-order valence-electron chi connectivity index (χ4n) is 3.91. The predicted molar refractivity (Wildman–Crippen MR) is 73.6 cm³/mol. The molecule has 2 aliphatic carbocycles. The van der Waals surface area contributed by atoms with E-state index in [2.05, 4.69) is 11.4 Å². The molecule has 0 aliphatic heterocycles. The van der Waals surface area contributed by atoms with Crippen LogP contribution in [0.4, 0.5) is 0 Å². The second-order valence-electron chi connectivity index (χ2n) is 6.26. The van der Waals surface area contributed by atoms with Gasteiger partial charge in [0.05, 0.1) is 6.26 Å². The Bertz CT molecular complexity index is 341. The van der Waals surface area contributed by atoms with Gasteiger partial charge in [0, 0.05) is 19.0 Å². The average molecular weight is 247 g/mol. The summed E-state index contributed by atoms with van der Waals surface area (Å²) in [6.07, 6.45) is 14.5. The molecule has 2 saturated carbocycles. The van der Waals surface area contributed by atoms with E-state index < -0.39 is 0 Å². The van der Waals surface area contributed by atoms with Crippen LogP contribution >= 0.6 is 0 Å². The van der Waals surface area contributed by atoms with E-state index in [-0.39, 0.29) is 0 Å². The minimum absolute atomic E-state index is 0.756. The standard InChI is InChI=1S/C16H25NO/c1-2-9-16(8-1)10-5-14(6-11-16)17-12-7-15-4-3-13-18-15/h3-4,13-14,17H,1-2,5-12H2. The van der Waals surface area contributed by atoms with Gasteiger partial charge in [0.2, 0.25) is 0 Å². The van der Waals surface area contributed by atoms with E-state index in [4.69, 9.17) is 4.42 Å². The molecule has 2 fully saturated rings. The Morgan fingerprint density at radius 2 is 1.94 bits per heavy atom. The third-order valence-electron chi connectivity index (χ3n) is 5.09. The molecule has 100 valence electrons. The quantitative estimate of drug-likeness (QED) is 0.872. The first-order valence-electron chi connectivity index (χ1n) is 7.62. The van der Waals surface area contributed by atoms with Crippen molar-refractivity contribution in [2.45, 2.75) is 63.8 Å². The van der Waals surface area contributed by atoms with Crippen molar-refractivity contribution < 1.29 is 4.42 Å². The summed E-state index contributed by atoms with van der Waals surface area (Å²) in [6.45, 7) is 1.06. The Hall–Kier alpha value is -0.760. The Morgan fingerprint density at radius 1 is 1.17 bits per heavy atom. The zero-order valence-corrected chi connectivity index (χ0v) is 11.3. The summed E-state index contributed by atoms with van der Waals surface area (Å²) < 4.78 is 5.36. The van der Waals surface area contributed by atoms with E-state index in [9.17, 15) is 0 Å². The lowest BCUT2D eigenvalue weighted by atomic mass is 9.71. The van der Waals surface area contributed by atoms with Crippen LogP contribution in [0, 0.1) is 5.41 Å². The third kappa shape index (κ3) is 2.80. The van der Waals surface area contributed by atoms with E-state index in [1.807, 2.05) is 6.07 Å². The lowest BCUT2D eigenvalue weighted by molar-refractivity contribution is 0.169. The maximum atomic E-state index is 5.36. The van der Waals surface area contributed by atoms with Crippen molar-refractivity contribution in [3.05, 3.63) is 24.2 Å². The summed E-state index contributed by atoms with van der Waals surface area (Å²) in [5, 5.41) is 3.71. The van der Waals surface area contributed by atoms with E-state index in [1.54, 1.807) is 6.26 Å². The maximum Gasteiger partial charge on any atom is 0.105 e. The van der Waals surface area contributed by atoms with Crippen LogP contribution in [0.25, 0.3) is 0 Å². The minimum Gasteiger partial charge on any atom is -0.469 e. The fraction of sp³-hybridized carbons (Fsp3) is 0.750. The molecule has 0 aromatic carbocycles. The first-order valence-corrected chi connectivity index (χ1v) is 7.62. The van der Waals surface area contributed by atoms with Gasteiger partial charge in [-0.1, -0.05) is 12.8 Å². The van der Waals surface area contributed by atoms with Crippen LogP contribution in [0.15, 0.2) is 22.8 Å². The lowest BCUT2D eigenvalue weighted by Gasteiger charge is -2.37. The van der Waals surface area contributed by atoms with Crippen LogP contribution in [0.1, 0.15) is 57.1 Å². The maximum absolute atomic E-state index is 5.36. The first-order chi connectivity index (χ1) is 8.86. The number of hydrogen-bond acceptors (Lipinski definition) is 2. The van der Waals surface area contributed by atoms with Gasteiger partial charge in [-0.3, -0.25) is 0 Å². The second kappa shape index (κ2) is 5.48. The second-order valence-corrected chi connectivity index (χ2v) is 6.26. The van der Waals surface area contributed by atoms with Crippen molar-refractivity contribution in [2.24, 2.45) is 5.41 Å². The van der Waals surface area contributed by atoms with Crippen molar-refractivity contribution in [1.82, 2.24) is 5.32 Å². The van der Waals surface area contributed by atoms with E-state index in [0.29, 0.717) is 0 Å². The molecule has 18 heavy (non-hydrogen) atoms. The van der Waals surface area contributed by atoms with Gasteiger partial charge in [0.25, 0.3) is 0 Å². The molecule has 0 atom stereocenters. The first kappa shape index (κ1) is 12.3. The molecular formula is C16H25NO.